The lowest BCUT2D eigenvalue weighted by molar-refractivity contribution is 0.634. The molecule has 0 atom stereocenters. The lowest BCUT2D eigenvalue weighted by Gasteiger charge is -2.36. The fraction of sp³-hybridized carbons (Fsp3) is 0.529. The van der Waals surface area contributed by atoms with Crippen LogP contribution in [0.5, 0.6) is 0 Å². The van der Waals surface area contributed by atoms with Gasteiger partial charge in [0, 0.05) is 16.0 Å². The number of aryl methyl sites for hydroxylation is 1. The van der Waals surface area contributed by atoms with E-state index in [1.165, 1.54) is 53.6 Å². The molecule has 0 unspecified atom stereocenters. The second-order valence-corrected chi connectivity index (χ2v) is 9.65. The number of benzene rings is 1. The van der Waals surface area contributed by atoms with Gasteiger partial charge in [0.05, 0.1) is 4.08 Å². The maximum Gasteiger partial charge on any atom is 0.0823 e. The maximum atomic E-state index is 3.58. The highest BCUT2D eigenvalue weighted by atomic mass is 79.9. The molecule has 0 amide bonds. The van der Waals surface area contributed by atoms with E-state index in [0.29, 0.717) is 4.08 Å². The molecule has 20 heavy (non-hydrogen) atoms. The van der Waals surface area contributed by atoms with Gasteiger partial charge < -0.3 is 0 Å². The Kier molecular flexibility index (Phi) is 4.89. The van der Waals surface area contributed by atoms with Gasteiger partial charge in [-0.25, -0.2) is 0 Å². The number of rotatable bonds is 3. The summed E-state index contributed by atoms with van der Waals surface area (Å²) in [6.07, 6.45) is 6.49. The van der Waals surface area contributed by atoms with E-state index in [0.717, 1.165) is 0 Å². The zero-order valence-corrected chi connectivity index (χ0v) is 15.2. The number of hydrogen-bond donors (Lipinski definition) is 0. The van der Waals surface area contributed by atoms with Crippen molar-refractivity contribution in [2.75, 3.05) is 11.5 Å². The predicted molar refractivity (Wildman–Crippen MR) is 96.7 cm³/mol. The van der Waals surface area contributed by atoms with Crippen LogP contribution in [0, 0.1) is 0 Å². The van der Waals surface area contributed by atoms with E-state index in [4.69, 9.17) is 0 Å². The third-order valence-electron chi connectivity index (χ3n) is 4.34. The van der Waals surface area contributed by atoms with Crippen LogP contribution < -0.4 is 0 Å². The van der Waals surface area contributed by atoms with Crippen LogP contribution in [0.25, 0.3) is 0 Å². The van der Waals surface area contributed by atoms with Gasteiger partial charge >= 0.3 is 0 Å². The molecule has 108 valence electrons. The van der Waals surface area contributed by atoms with E-state index in [9.17, 15) is 0 Å². The topological polar surface area (TPSA) is 0 Å². The Morgan fingerprint density at radius 3 is 2.75 bits per heavy atom. The van der Waals surface area contributed by atoms with E-state index in [-0.39, 0.29) is 0 Å². The van der Waals surface area contributed by atoms with Crippen molar-refractivity contribution in [1.29, 1.82) is 0 Å². The molecule has 0 nitrogen and oxygen atoms in total. The maximum absolute atomic E-state index is 3.58. The summed E-state index contributed by atoms with van der Waals surface area (Å²) in [6, 6.07) is 8.78. The Hall–Kier alpha value is 0.140. The number of thioether (sulfide) groups is 2. The zero-order chi connectivity index (χ0) is 14.0. The van der Waals surface area contributed by atoms with Crippen LogP contribution in [0.2, 0.25) is 0 Å². The first kappa shape index (κ1) is 15.1. The van der Waals surface area contributed by atoms with E-state index in [1.807, 2.05) is 0 Å². The van der Waals surface area contributed by atoms with Gasteiger partial charge in [-0.1, -0.05) is 33.6 Å². The van der Waals surface area contributed by atoms with Crippen LogP contribution in [0.1, 0.15) is 38.2 Å². The molecule has 1 heterocycles. The minimum atomic E-state index is 0.439. The van der Waals surface area contributed by atoms with Crippen LogP contribution in [0.15, 0.2) is 39.9 Å². The lowest BCUT2D eigenvalue weighted by Crippen LogP contribution is -2.25. The molecule has 1 fully saturated rings. The summed E-state index contributed by atoms with van der Waals surface area (Å²) in [5, 5.41) is 0. The molecule has 3 rings (SSSR count). The van der Waals surface area contributed by atoms with E-state index in [2.05, 4.69) is 70.6 Å². The average Bonchev–Trinajstić information content (AvgIpc) is 2.87. The highest BCUT2D eigenvalue weighted by Crippen LogP contribution is 2.56. The van der Waals surface area contributed by atoms with Crippen molar-refractivity contribution in [3.8, 4) is 0 Å². The highest BCUT2D eigenvalue weighted by molar-refractivity contribution is 9.10. The SMILES string of the molecule is CC1=C(CCc2cccc(Br)c2)C2(CCC1)SCCS2. The number of halogens is 1. The summed E-state index contributed by atoms with van der Waals surface area (Å²) in [4.78, 5) is 0. The fourth-order valence-electron chi connectivity index (χ4n) is 3.35. The Bertz CT molecular complexity index is 515. The molecule has 1 spiro atoms. The molecular formula is C17H21BrS2. The van der Waals surface area contributed by atoms with Crippen molar-refractivity contribution < 1.29 is 0 Å². The molecule has 2 aliphatic rings. The molecule has 0 N–H and O–H groups in total. The molecule has 1 aliphatic carbocycles. The smallest absolute Gasteiger partial charge is 0.0823 e. The standard InChI is InChI=1S/C17H21BrS2/c1-13-4-3-9-17(19-10-11-20-17)16(13)8-7-14-5-2-6-15(18)12-14/h2,5-6,12H,3-4,7-11H2,1H3. The normalized spacial score (nSPS) is 21.7. The summed E-state index contributed by atoms with van der Waals surface area (Å²) in [5.74, 6) is 2.66. The largest absolute Gasteiger partial charge is 0.139 e. The third kappa shape index (κ3) is 3.15. The van der Waals surface area contributed by atoms with Gasteiger partial charge in [-0.15, -0.1) is 23.5 Å². The number of hydrogen-bond acceptors (Lipinski definition) is 2. The summed E-state index contributed by atoms with van der Waals surface area (Å²) >= 11 is 8.00. The molecule has 1 aromatic carbocycles. The van der Waals surface area contributed by atoms with Gasteiger partial charge in [-0.05, 0) is 62.3 Å². The molecule has 3 heteroatoms. The molecule has 0 radical (unpaired) electrons. The predicted octanol–water partition coefficient (Wildman–Crippen LogP) is 6.06. The van der Waals surface area contributed by atoms with Crippen molar-refractivity contribution >= 4 is 39.5 Å². The molecule has 1 saturated heterocycles. The molecular weight excluding hydrogens is 348 g/mol. The second kappa shape index (κ2) is 6.50. The second-order valence-electron chi connectivity index (χ2n) is 5.69. The molecule has 0 aromatic heterocycles. The van der Waals surface area contributed by atoms with E-state index >= 15 is 0 Å². The third-order valence-corrected chi connectivity index (χ3v) is 8.45. The summed E-state index contributed by atoms with van der Waals surface area (Å²) in [7, 11) is 0. The minimum Gasteiger partial charge on any atom is -0.139 e. The van der Waals surface area contributed by atoms with Crippen molar-refractivity contribution in [3.05, 3.63) is 45.4 Å². The first-order chi connectivity index (χ1) is 9.70. The van der Waals surface area contributed by atoms with Gasteiger partial charge in [0.25, 0.3) is 0 Å². The Labute approximate surface area is 139 Å². The monoisotopic (exact) mass is 368 g/mol. The quantitative estimate of drug-likeness (QED) is 0.594. The summed E-state index contributed by atoms with van der Waals surface area (Å²) in [6.45, 7) is 2.37. The molecule has 1 aliphatic heterocycles. The first-order valence-corrected chi connectivity index (χ1v) is 10.2. The van der Waals surface area contributed by atoms with E-state index < -0.39 is 0 Å². The Morgan fingerprint density at radius 2 is 2.00 bits per heavy atom. The minimum absolute atomic E-state index is 0.439. The first-order valence-electron chi connectivity index (χ1n) is 7.41. The summed E-state index contributed by atoms with van der Waals surface area (Å²) in [5.41, 5.74) is 4.89. The van der Waals surface area contributed by atoms with Crippen molar-refractivity contribution in [3.63, 3.8) is 0 Å². The van der Waals surface area contributed by atoms with Crippen molar-refractivity contribution in [2.24, 2.45) is 0 Å². The van der Waals surface area contributed by atoms with Crippen LogP contribution >= 0.6 is 39.5 Å². The van der Waals surface area contributed by atoms with Gasteiger partial charge in [0.1, 0.15) is 0 Å². The van der Waals surface area contributed by atoms with Crippen LogP contribution in [-0.2, 0) is 6.42 Å². The zero-order valence-electron chi connectivity index (χ0n) is 12.0. The fourth-order valence-corrected chi connectivity index (χ4v) is 7.44. The van der Waals surface area contributed by atoms with Crippen LogP contribution in [0.3, 0.4) is 0 Å². The molecule has 1 aromatic rings. The average molecular weight is 369 g/mol. The Morgan fingerprint density at radius 1 is 1.20 bits per heavy atom. The summed E-state index contributed by atoms with van der Waals surface area (Å²) < 4.78 is 1.64. The van der Waals surface area contributed by atoms with E-state index in [1.54, 1.807) is 11.1 Å². The molecule has 0 saturated carbocycles. The van der Waals surface area contributed by atoms with Gasteiger partial charge in [-0.3, -0.25) is 0 Å². The lowest BCUT2D eigenvalue weighted by atomic mass is 9.88. The van der Waals surface area contributed by atoms with Crippen molar-refractivity contribution in [1.82, 2.24) is 0 Å². The van der Waals surface area contributed by atoms with Gasteiger partial charge in [0.2, 0.25) is 0 Å². The van der Waals surface area contributed by atoms with Crippen molar-refractivity contribution in [2.45, 2.75) is 43.1 Å². The number of allylic oxidation sites excluding steroid dienone is 1. The van der Waals surface area contributed by atoms with Gasteiger partial charge in [-0.2, -0.15) is 0 Å². The molecule has 0 bridgehead atoms. The highest BCUT2D eigenvalue weighted by Gasteiger charge is 2.41. The van der Waals surface area contributed by atoms with Crippen LogP contribution in [-0.4, -0.2) is 15.6 Å². The Balaban J connectivity index is 1.77. The van der Waals surface area contributed by atoms with Crippen LogP contribution in [0.4, 0.5) is 0 Å². The van der Waals surface area contributed by atoms with Gasteiger partial charge in [0.15, 0.2) is 0 Å².